The molecule has 0 aromatic heterocycles. The van der Waals surface area contributed by atoms with E-state index < -0.39 is 0 Å². The minimum Gasteiger partial charge on any atom is -0.294 e. The number of nitrogens with two attached hydrogens (primary N) is 1. The highest BCUT2D eigenvalue weighted by molar-refractivity contribution is 5.75. The molecule has 0 saturated heterocycles. The Hall–Kier alpha value is -1.61. The molecule has 3 heteroatoms. The quantitative estimate of drug-likeness (QED) is 0.200. The number of allylic oxidation sites excluding steroid dienone is 8. The molecule has 142 valence electrons. The summed E-state index contributed by atoms with van der Waals surface area (Å²) in [7, 11) is 0. The van der Waals surface area contributed by atoms with E-state index in [0.717, 1.165) is 38.5 Å². The van der Waals surface area contributed by atoms with Gasteiger partial charge in [-0.3, -0.25) is 10.2 Å². The topological polar surface area (TPSA) is 55.1 Å². The van der Waals surface area contributed by atoms with Crippen LogP contribution in [-0.2, 0) is 4.79 Å². The lowest BCUT2D eigenvalue weighted by Gasteiger charge is -2.03. The van der Waals surface area contributed by atoms with Crippen LogP contribution >= 0.6 is 0 Å². The van der Waals surface area contributed by atoms with E-state index in [0.29, 0.717) is 6.42 Å². The smallest absolute Gasteiger partial charge is 0.234 e. The summed E-state index contributed by atoms with van der Waals surface area (Å²) in [5.74, 6) is 4.95. The van der Waals surface area contributed by atoms with Crippen molar-refractivity contribution >= 4 is 5.91 Å². The number of rotatable bonds is 12. The normalized spacial score (nSPS) is 13.0. The monoisotopic (exact) mass is 346 g/mol. The van der Waals surface area contributed by atoms with Gasteiger partial charge in [-0.05, 0) is 79.6 Å². The van der Waals surface area contributed by atoms with E-state index in [-0.39, 0.29) is 5.91 Å². The number of carbonyl (C=O) groups is 1. The van der Waals surface area contributed by atoms with E-state index in [4.69, 9.17) is 5.84 Å². The van der Waals surface area contributed by atoms with Gasteiger partial charge in [-0.1, -0.05) is 46.6 Å². The lowest BCUT2D eigenvalue weighted by Crippen LogP contribution is -2.29. The molecule has 0 aliphatic rings. The summed E-state index contributed by atoms with van der Waals surface area (Å²) < 4.78 is 0. The molecule has 0 rings (SSSR count). The average molecular weight is 347 g/mol. The first-order valence-electron chi connectivity index (χ1n) is 9.44. The van der Waals surface area contributed by atoms with Crippen LogP contribution in [0.3, 0.4) is 0 Å². The molecule has 0 saturated carbocycles. The third-order valence-corrected chi connectivity index (χ3v) is 4.18. The molecule has 0 fully saturated rings. The molecular weight excluding hydrogens is 308 g/mol. The van der Waals surface area contributed by atoms with Gasteiger partial charge >= 0.3 is 0 Å². The molecule has 0 heterocycles. The van der Waals surface area contributed by atoms with Gasteiger partial charge in [-0.15, -0.1) is 0 Å². The molecule has 0 bridgehead atoms. The van der Waals surface area contributed by atoms with Gasteiger partial charge in [0.2, 0.25) is 5.91 Å². The molecule has 0 aliphatic carbocycles. The number of carbonyl (C=O) groups excluding carboxylic acids is 1. The number of amides is 1. The summed E-state index contributed by atoms with van der Waals surface area (Å²) in [6.45, 7) is 10.9. The molecule has 0 atom stereocenters. The summed E-state index contributed by atoms with van der Waals surface area (Å²) >= 11 is 0. The van der Waals surface area contributed by atoms with Gasteiger partial charge in [0.15, 0.2) is 0 Å². The summed E-state index contributed by atoms with van der Waals surface area (Å²) in [4.78, 5) is 11.1. The maximum atomic E-state index is 11.1. The molecule has 1 amide bonds. The second kappa shape index (κ2) is 14.7. The van der Waals surface area contributed by atoms with E-state index in [9.17, 15) is 4.79 Å². The van der Waals surface area contributed by atoms with Gasteiger partial charge in [0, 0.05) is 6.42 Å². The highest BCUT2D eigenvalue weighted by Gasteiger charge is 1.96. The van der Waals surface area contributed by atoms with Crippen molar-refractivity contribution in [2.75, 3.05) is 0 Å². The standard InChI is InChI=1S/C22H38N2O/c1-18(2)10-6-11-19(3)12-7-13-20(4)14-8-15-21(5)16-9-17-22(25)24-23/h10,12,14,16H,6-9,11,13,15,17,23H2,1-5H3,(H,24,25)/b19-12+,20-14+,21-16+. The van der Waals surface area contributed by atoms with Crippen LogP contribution < -0.4 is 11.3 Å². The van der Waals surface area contributed by atoms with Gasteiger partial charge in [-0.25, -0.2) is 5.84 Å². The Morgan fingerprint density at radius 3 is 1.40 bits per heavy atom. The highest BCUT2D eigenvalue weighted by Crippen LogP contribution is 2.13. The first-order chi connectivity index (χ1) is 11.8. The predicted octanol–water partition coefficient (Wildman–Crippen LogP) is 5.90. The lowest BCUT2D eigenvalue weighted by atomic mass is 10.0. The molecule has 0 aromatic carbocycles. The average Bonchev–Trinajstić information content (AvgIpc) is 2.54. The minimum atomic E-state index is -0.107. The second-order valence-electron chi connectivity index (χ2n) is 7.16. The van der Waals surface area contributed by atoms with Crippen LogP contribution in [0, 0.1) is 0 Å². The zero-order valence-corrected chi connectivity index (χ0v) is 17.0. The van der Waals surface area contributed by atoms with Crippen LogP contribution in [0.4, 0.5) is 0 Å². The van der Waals surface area contributed by atoms with Crippen LogP contribution in [-0.4, -0.2) is 5.91 Å². The van der Waals surface area contributed by atoms with Gasteiger partial charge in [0.05, 0.1) is 0 Å². The van der Waals surface area contributed by atoms with E-state index in [2.05, 4.69) is 64.3 Å². The van der Waals surface area contributed by atoms with Crippen LogP contribution in [0.1, 0.15) is 86.0 Å². The van der Waals surface area contributed by atoms with E-state index in [1.54, 1.807) is 0 Å². The third-order valence-electron chi connectivity index (χ3n) is 4.18. The van der Waals surface area contributed by atoms with E-state index in [1.807, 2.05) is 0 Å². The SMILES string of the molecule is CC(C)=CCC/C(C)=C/CC/C(C)=C/CC/C(C)=C/CCC(=O)NN. The van der Waals surface area contributed by atoms with Crippen molar-refractivity contribution in [1.29, 1.82) is 0 Å². The Kier molecular flexibility index (Phi) is 13.8. The summed E-state index contributed by atoms with van der Waals surface area (Å²) in [6.07, 6.45) is 17.1. The molecule has 25 heavy (non-hydrogen) atoms. The zero-order chi connectivity index (χ0) is 19.1. The first-order valence-corrected chi connectivity index (χ1v) is 9.44. The van der Waals surface area contributed by atoms with Crippen molar-refractivity contribution < 1.29 is 4.79 Å². The van der Waals surface area contributed by atoms with Crippen molar-refractivity contribution in [2.45, 2.75) is 86.0 Å². The van der Waals surface area contributed by atoms with Crippen LogP contribution in [0.2, 0.25) is 0 Å². The number of hydrogen-bond donors (Lipinski definition) is 2. The third kappa shape index (κ3) is 15.6. The highest BCUT2D eigenvalue weighted by atomic mass is 16.2. The molecule has 0 aliphatic heterocycles. The van der Waals surface area contributed by atoms with E-state index >= 15 is 0 Å². The maximum Gasteiger partial charge on any atom is 0.234 e. The van der Waals surface area contributed by atoms with Gasteiger partial charge in [0.1, 0.15) is 0 Å². The zero-order valence-electron chi connectivity index (χ0n) is 17.0. The van der Waals surface area contributed by atoms with Crippen molar-refractivity contribution in [3.05, 3.63) is 46.6 Å². The Labute approximate surface area is 155 Å². The molecule has 0 radical (unpaired) electrons. The van der Waals surface area contributed by atoms with Crippen LogP contribution in [0.5, 0.6) is 0 Å². The van der Waals surface area contributed by atoms with Crippen molar-refractivity contribution in [3.63, 3.8) is 0 Å². The van der Waals surface area contributed by atoms with Crippen molar-refractivity contribution in [2.24, 2.45) is 5.84 Å². The fourth-order valence-electron chi connectivity index (χ4n) is 2.51. The van der Waals surface area contributed by atoms with Crippen molar-refractivity contribution in [3.8, 4) is 0 Å². The molecule has 3 nitrogen and oxygen atoms in total. The lowest BCUT2D eigenvalue weighted by molar-refractivity contribution is -0.121. The summed E-state index contributed by atoms with van der Waals surface area (Å²) in [5, 5.41) is 0. The minimum absolute atomic E-state index is 0.107. The Morgan fingerprint density at radius 2 is 1.04 bits per heavy atom. The maximum absolute atomic E-state index is 11.1. The van der Waals surface area contributed by atoms with Gasteiger partial charge in [-0.2, -0.15) is 0 Å². The van der Waals surface area contributed by atoms with Gasteiger partial charge in [0.25, 0.3) is 0 Å². The Bertz CT molecular complexity index is 506. The number of nitrogens with one attached hydrogen (secondary N) is 1. The molecule has 0 unspecified atom stereocenters. The first kappa shape index (κ1) is 23.4. The fraction of sp³-hybridized carbons (Fsp3) is 0.591. The fourth-order valence-corrected chi connectivity index (χ4v) is 2.51. The Balaban J connectivity index is 3.99. The second-order valence-corrected chi connectivity index (χ2v) is 7.16. The van der Waals surface area contributed by atoms with Gasteiger partial charge < -0.3 is 0 Å². The van der Waals surface area contributed by atoms with E-state index in [1.165, 1.54) is 28.7 Å². The summed E-state index contributed by atoms with van der Waals surface area (Å²) in [5.41, 5.74) is 7.85. The number of hydrazine groups is 1. The van der Waals surface area contributed by atoms with Crippen LogP contribution in [0.15, 0.2) is 46.6 Å². The molecular formula is C22H38N2O. The molecule has 3 N–H and O–H groups in total. The van der Waals surface area contributed by atoms with Crippen molar-refractivity contribution in [1.82, 2.24) is 5.43 Å². The number of hydrogen-bond acceptors (Lipinski definition) is 2. The summed E-state index contributed by atoms with van der Waals surface area (Å²) in [6, 6.07) is 0. The molecule has 0 aromatic rings. The Morgan fingerprint density at radius 1 is 0.680 bits per heavy atom. The van der Waals surface area contributed by atoms with Crippen LogP contribution in [0.25, 0.3) is 0 Å². The predicted molar refractivity (Wildman–Crippen MR) is 110 cm³/mol. The molecule has 0 spiro atoms. The largest absolute Gasteiger partial charge is 0.294 e.